The highest BCUT2D eigenvalue weighted by molar-refractivity contribution is 5.75. The average Bonchev–Trinajstić information content (AvgIpc) is 1.37. The third-order valence-corrected chi connectivity index (χ3v) is 0.167. The Hall–Kier alpha value is -0.235. The van der Waals surface area contributed by atoms with E-state index in [0.717, 1.165) is 0 Å². The second kappa shape index (κ2) is 9.24. The standard InChI is InChI=1S/C3H7N.BH3/c1-2-3-4;/h2H,1,3-4H2;1H3. The van der Waals surface area contributed by atoms with Gasteiger partial charge in [-0.15, -0.1) is 6.58 Å². The lowest BCUT2D eigenvalue weighted by Crippen LogP contribution is -1.90. The van der Waals surface area contributed by atoms with Crippen molar-refractivity contribution in [1.29, 1.82) is 0 Å². The molecule has 2 N–H and O–H groups in total. The van der Waals surface area contributed by atoms with Crippen LogP contribution in [0, 0.1) is 0 Å². The van der Waals surface area contributed by atoms with Crippen LogP contribution in [-0.4, -0.2) is 15.0 Å². The Bertz CT molecular complexity index is 20.9. The molecule has 0 aromatic rings. The predicted molar refractivity (Wildman–Crippen MR) is 29.2 cm³/mol. The maximum atomic E-state index is 4.91. The van der Waals surface area contributed by atoms with E-state index in [1.807, 2.05) is 0 Å². The molecule has 0 bridgehead atoms. The lowest BCUT2D eigenvalue weighted by molar-refractivity contribution is 1.26. The molecule has 0 radical (unpaired) electrons. The van der Waals surface area contributed by atoms with Crippen molar-refractivity contribution in [2.75, 3.05) is 6.54 Å². The van der Waals surface area contributed by atoms with Crippen LogP contribution >= 0.6 is 0 Å². The van der Waals surface area contributed by atoms with Crippen molar-refractivity contribution in [1.82, 2.24) is 0 Å². The highest BCUT2D eigenvalue weighted by Crippen LogP contribution is 1.40. The quantitative estimate of drug-likeness (QED) is 0.309. The number of hydrogen-bond acceptors (Lipinski definition) is 1. The Kier molecular flexibility index (Phi) is 16.3. The Morgan fingerprint density at radius 3 is 2.00 bits per heavy atom. The molecule has 0 saturated carbocycles. The Balaban J connectivity index is 0. The SMILES string of the molecule is B.C=CCN. The molecule has 0 rings (SSSR count). The van der Waals surface area contributed by atoms with Crippen molar-refractivity contribution in [3.8, 4) is 0 Å². The summed E-state index contributed by atoms with van der Waals surface area (Å²) < 4.78 is 0. The van der Waals surface area contributed by atoms with Crippen LogP contribution in [-0.2, 0) is 0 Å². The van der Waals surface area contributed by atoms with Crippen LogP contribution in [0.4, 0.5) is 0 Å². The fraction of sp³-hybridized carbons (Fsp3) is 0.333. The zero-order chi connectivity index (χ0) is 3.41. The minimum Gasteiger partial charge on any atom is -0.327 e. The first-order valence-corrected chi connectivity index (χ1v) is 1.22. The van der Waals surface area contributed by atoms with Gasteiger partial charge in [-0.05, 0) is 0 Å². The van der Waals surface area contributed by atoms with Gasteiger partial charge in [-0.1, -0.05) is 6.08 Å². The first kappa shape index (κ1) is 8.83. The summed E-state index contributed by atoms with van der Waals surface area (Å²) in [5.74, 6) is 0. The molecule has 0 heterocycles. The second-order valence-corrected chi connectivity index (χ2v) is 0.524. The molecule has 0 aromatic carbocycles. The van der Waals surface area contributed by atoms with E-state index in [9.17, 15) is 0 Å². The van der Waals surface area contributed by atoms with Crippen LogP contribution in [0.1, 0.15) is 0 Å². The van der Waals surface area contributed by atoms with E-state index in [0.29, 0.717) is 6.54 Å². The highest BCUT2D eigenvalue weighted by atomic mass is 14.5. The number of nitrogens with two attached hydrogens (primary N) is 1. The summed E-state index contributed by atoms with van der Waals surface area (Å²) >= 11 is 0. The zero-order valence-corrected chi connectivity index (χ0v) is 2.57. The first-order valence-electron chi connectivity index (χ1n) is 1.22. The Morgan fingerprint density at radius 2 is 2.00 bits per heavy atom. The molecule has 0 spiro atoms. The summed E-state index contributed by atoms with van der Waals surface area (Å²) in [7, 11) is 0. The molecule has 0 aromatic heterocycles. The van der Waals surface area contributed by atoms with E-state index in [-0.39, 0.29) is 8.41 Å². The fourth-order valence-electron chi connectivity index (χ4n) is 0. The van der Waals surface area contributed by atoms with Crippen LogP contribution in [0.5, 0.6) is 0 Å². The molecule has 0 aliphatic rings. The van der Waals surface area contributed by atoms with E-state index < -0.39 is 0 Å². The number of rotatable bonds is 1. The minimum absolute atomic E-state index is 0. The molecule has 0 aliphatic carbocycles. The van der Waals surface area contributed by atoms with Gasteiger partial charge in [0, 0.05) is 6.54 Å². The summed E-state index contributed by atoms with van der Waals surface area (Å²) in [6.07, 6.45) is 1.65. The van der Waals surface area contributed by atoms with Gasteiger partial charge >= 0.3 is 0 Å². The highest BCUT2D eigenvalue weighted by Gasteiger charge is 1.43. The van der Waals surface area contributed by atoms with Gasteiger partial charge in [0.15, 0.2) is 0 Å². The molecule has 0 unspecified atom stereocenters. The van der Waals surface area contributed by atoms with Crippen molar-refractivity contribution in [3.63, 3.8) is 0 Å². The van der Waals surface area contributed by atoms with Crippen molar-refractivity contribution in [2.24, 2.45) is 5.73 Å². The third kappa shape index (κ3) is 20.0. The molecular formula is C3H10BN. The van der Waals surface area contributed by atoms with Crippen molar-refractivity contribution in [2.45, 2.75) is 0 Å². The van der Waals surface area contributed by atoms with Crippen LogP contribution in [0.3, 0.4) is 0 Å². The average molecular weight is 70.9 g/mol. The van der Waals surface area contributed by atoms with E-state index in [4.69, 9.17) is 5.73 Å². The molecule has 0 amide bonds. The summed E-state index contributed by atoms with van der Waals surface area (Å²) in [5.41, 5.74) is 4.91. The lowest BCUT2D eigenvalue weighted by Gasteiger charge is -1.61. The van der Waals surface area contributed by atoms with Gasteiger partial charge in [0.25, 0.3) is 0 Å². The van der Waals surface area contributed by atoms with Crippen LogP contribution in [0.2, 0.25) is 0 Å². The van der Waals surface area contributed by atoms with E-state index in [1.54, 1.807) is 6.08 Å². The monoisotopic (exact) mass is 71.1 g/mol. The van der Waals surface area contributed by atoms with E-state index >= 15 is 0 Å². The van der Waals surface area contributed by atoms with Crippen LogP contribution in [0.15, 0.2) is 12.7 Å². The summed E-state index contributed by atoms with van der Waals surface area (Å²) in [5, 5.41) is 0. The van der Waals surface area contributed by atoms with E-state index in [1.165, 1.54) is 0 Å². The maximum Gasteiger partial charge on any atom is 0.0814 e. The van der Waals surface area contributed by atoms with Crippen LogP contribution < -0.4 is 5.73 Å². The van der Waals surface area contributed by atoms with Crippen molar-refractivity contribution >= 4 is 8.41 Å². The van der Waals surface area contributed by atoms with Crippen LogP contribution in [0.25, 0.3) is 0 Å². The molecule has 2 heteroatoms. The molecule has 1 nitrogen and oxygen atoms in total. The molecule has 30 valence electrons. The van der Waals surface area contributed by atoms with Crippen molar-refractivity contribution < 1.29 is 0 Å². The zero-order valence-electron chi connectivity index (χ0n) is 2.57. The van der Waals surface area contributed by atoms with Crippen molar-refractivity contribution in [3.05, 3.63) is 12.7 Å². The van der Waals surface area contributed by atoms with Gasteiger partial charge in [0.1, 0.15) is 0 Å². The number of hydrogen-bond donors (Lipinski definition) is 1. The maximum absolute atomic E-state index is 4.91. The van der Waals surface area contributed by atoms with Gasteiger partial charge in [0.2, 0.25) is 0 Å². The van der Waals surface area contributed by atoms with Gasteiger partial charge in [-0.25, -0.2) is 0 Å². The van der Waals surface area contributed by atoms with Gasteiger partial charge in [0.05, 0.1) is 8.41 Å². The minimum atomic E-state index is 0. The Morgan fingerprint density at radius 1 is 1.80 bits per heavy atom. The van der Waals surface area contributed by atoms with E-state index in [2.05, 4.69) is 6.58 Å². The summed E-state index contributed by atoms with van der Waals surface area (Å²) in [6, 6.07) is 0. The molecule has 0 saturated heterocycles. The fourth-order valence-corrected chi connectivity index (χ4v) is 0. The Labute approximate surface area is 34.4 Å². The molecule has 0 atom stereocenters. The predicted octanol–water partition coefficient (Wildman–Crippen LogP) is -1.05. The lowest BCUT2D eigenvalue weighted by atomic mass is 10.7. The molecule has 0 aliphatic heterocycles. The smallest absolute Gasteiger partial charge is 0.0814 e. The molecular weight excluding hydrogens is 60.9 g/mol. The normalized spacial score (nSPS) is 5.00. The van der Waals surface area contributed by atoms with Gasteiger partial charge in [-0.2, -0.15) is 0 Å². The summed E-state index contributed by atoms with van der Waals surface area (Å²) in [6.45, 7) is 3.94. The van der Waals surface area contributed by atoms with Gasteiger partial charge in [-0.3, -0.25) is 0 Å². The molecule has 5 heavy (non-hydrogen) atoms. The first-order chi connectivity index (χ1) is 1.91. The largest absolute Gasteiger partial charge is 0.327 e. The summed E-state index contributed by atoms with van der Waals surface area (Å²) in [4.78, 5) is 0. The third-order valence-electron chi connectivity index (χ3n) is 0.167. The molecule has 0 fully saturated rings. The van der Waals surface area contributed by atoms with Gasteiger partial charge < -0.3 is 5.73 Å². The second-order valence-electron chi connectivity index (χ2n) is 0.524. The topological polar surface area (TPSA) is 26.0 Å².